The molecular weight excluding hydrogens is 282 g/mol. The largest absolute Gasteiger partial charge is 0.273 e. The molecule has 2 rings (SSSR count). The number of hydrazine groups is 1. The molecule has 0 radical (unpaired) electrons. The van der Waals surface area contributed by atoms with E-state index < -0.39 is 0 Å². The van der Waals surface area contributed by atoms with Crippen LogP contribution in [0.5, 0.6) is 0 Å². The average molecular weight is 296 g/mol. The first-order chi connectivity index (χ1) is 8.24. The number of pyridine rings is 1. The summed E-state index contributed by atoms with van der Waals surface area (Å²) in [5.41, 5.74) is 4.81. The van der Waals surface area contributed by atoms with E-state index in [4.69, 9.17) is 5.84 Å². The molecule has 0 aliphatic carbocycles. The van der Waals surface area contributed by atoms with E-state index in [0.717, 1.165) is 22.1 Å². The lowest BCUT2D eigenvalue weighted by molar-refractivity contribution is 0.628. The van der Waals surface area contributed by atoms with E-state index in [9.17, 15) is 0 Å². The van der Waals surface area contributed by atoms with Crippen LogP contribution in [0.25, 0.3) is 0 Å². The maximum atomic E-state index is 5.61. The quantitative estimate of drug-likeness (QED) is 0.664. The molecule has 3 N–H and O–H groups in total. The van der Waals surface area contributed by atoms with Gasteiger partial charge in [0.25, 0.3) is 0 Å². The predicted octanol–water partition coefficient (Wildman–Crippen LogP) is 1.61. The van der Waals surface area contributed by atoms with Gasteiger partial charge in [0, 0.05) is 35.2 Å². The highest BCUT2D eigenvalue weighted by atomic mass is 79.9. The van der Waals surface area contributed by atoms with Gasteiger partial charge in [0.05, 0.1) is 12.2 Å². The van der Waals surface area contributed by atoms with Crippen molar-refractivity contribution in [3.8, 4) is 0 Å². The molecule has 17 heavy (non-hydrogen) atoms. The third kappa shape index (κ3) is 2.71. The van der Waals surface area contributed by atoms with Crippen molar-refractivity contribution in [2.45, 2.75) is 19.5 Å². The molecule has 2 heterocycles. The highest BCUT2D eigenvalue weighted by Crippen LogP contribution is 2.22. The third-order valence-corrected chi connectivity index (χ3v) is 2.97. The number of aromatic nitrogens is 3. The van der Waals surface area contributed by atoms with E-state index in [1.54, 1.807) is 12.4 Å². The maximum absolute atomic E-state index is 5.61. The van der Waals surface area contributed by atoms with Crippen LogP contribution in [0.1, 0.15) is 24.1 Å². The van der Waals surface area contributed by atoms with Crippen molar-refractivity contribution < 1.29 is 0 Å². The Kier molecular flexibility index (Phi) is 3.88. The molecule has 0 aromatic carbocycles. The van der Waals surface area contributed by atoms with Crippen LogP contribution >= 0.6 is 15.9 Å². The second kappa shape index (κ2) is 5.39. The van der Waals surface area contributed by atoms with Crippen LogP contribution in [0.3, 0.4) is 0 Å². The van der Waals surface area contributed by atoms with Gasteiger partial charge in [0.2, 0.25) is 0 Å². The van der Waals surface area contributed by atoms with Crippen LogP contribution in [-0.4, -0.2) is 14.8 Å². The standard InChI is InChI=1S/C11H14BrN5/c1-2-17-7-9(5-15-17)11(16-13)8-3-10(12)6-14-4-8/h3-7,11,16H,2,13H2,1H3. The summed E-state index contributed by atoms with van der Waals surface area (Å²) in [5, 5.41) is 4.24. The fourth-order valence-corrected chi connectivity index (χ4v) is 2.06. The molecule has 6 heteroatoms. The predicted molar refractivity (Wildman–Crippen MR) is 69.0 cm³/mol. The molecule has 0 saturated heterocycles. The maximum Gasteiger partial charge on any atom is 0.0755 e. The zero-order chi connectivity index (χ0) is 12.3. The van der Waals surface area contributed by atoms with Crippen molar-refractivity contribution >= 4 is 15.9 Å². The van der Waals surface area contributed by atoms with Gasteiger partial charge in [0.15, 0.2) is 0 Å². The second-order valence-electron chi connectivity index (χ2n) is 3.67. The van der Waals surface area contributed by atoms with Crippen LogP contribution in [-0.2, 0) is 6.54 Å². The molecule has 90 valence electrons. The molecule has 2 aromatic rings. The molecule has 5 nitrogen and oxygen atoms in total. The summed E-state index contributed by atoms with van der Waals surface area (Å²) in [4.78, 5) is 4.14. The number of aryl methyl sites for hydroxylation is 1. The van der Waals surface area contributed by atoms with Crippen LogP contribution in [0, 0.1) is 0 Å². The number of nitrogens with zero attached hydrogens (tertiary/aromatic N) is 3. The van der Waals surface area contributed by atoms with Crippen LogP contribution in [0.15, 0.2) is 35.3 Å². The van der Waals surface area contributed by atoms with E-state index in [2.05, 4.69) is 31.4 Å². The summed E-state index contributed by atoms with van der Waals surface area (Å²) >= 11 is 3.40. The molecular formula is C11H14BrN5. The first-order valence-electron chi connectivity index (χ1n) is 5.33. The summed E-state index contributed by atoms with van der Waals surface area (Å²) in [6.45, 7) is 2.89. The topological polar surface area (TPSA) is 68.8 Å². The van der Waals surface area contributed by atoms with Crippen molar-refractivity contribution in [1.82, 2.24) is 20.2 Å². The number of hydrogen-bond donors (Lipinski definition) is 2. The molecule has 0 bridgehead atoms. The van der Waals surface area contributed by atoms with E-state index in [1.807, 2.05) is 30.1 Å². The summed E-state index contributed by atoms with van der Waals surface area (Å²) in [6, 6.07) is 1.89. The SMILES string of the molecule is CCn1cc(C(NN)c2cncc(Br)c2)cn1. The number of halogens is 1. The van der Waals surface area contributed by atoms with Gasteiger partial charge >= 0.3 is 0 Å². The molecule has 1 atom stereocenters. The molecule has 0 fully saturated rings. The molecule has 1 unspecified atom stereocenters. The lowest BCUT2D eigenvalue weighted by Gasteiger charge is -2.14. The molecule has 0 aliphatic rings. The molecule has 0 aliphatic heterocycles. The Morgan fingerprint density at radius 3 is 2.82 bits per heavy atom. The van der Waals surface area contributed by atoms with Gasteiger partial charge in [-0.25, -0.2) is 5.43 Å². The normalized spacial score (nSPS) is 12.6. The Morgan fingerprint density at radius 2 is 2.24 bits per heavy atom. The first kappa shape index (κ1) is 12.2. The summed E-state index contributed by atoms with van der Waals surface area (Å²) in [7, 11) is 0. The van der Waals surface area contributed by atoms with E-state index in [1.165, 1.54) is 0 Å². The minimum atomic E-state index is -0.0969. The summed E-state index contributed by atoms with van der Waals surface area (Å²) < 4.78 is 2.79. The van der Waals surface area contributed by atoms with Gasteiger partial charge < -0.3 is 0 Å². The third-order valence-electron chi connectivity index (χ3n) is 2.54. The molecule has 0 spiro atoms. The van der Waals surface area contributed by atoms with Crippen LogP contribution in [0.2, 0.25) is 0 Å². The van der Waals surface area contributed by atoms with Crippen LogP contribution in [0.4, 0.5) is 0 Å². The smallest absolute Gasteiger partial charge is 0.0755 e. The van der Waals surface area contributed by atoms with Crippen molar-refractivity contribution in [3.63, 3.8) is 0 Å². The first-order valence-corrected chi connectivity index (χ1v) is 6.12. The van der Waals surface area contributed by atoms with Gasteiger partial charge in [-0.3, -0.25) is 15.5 Å². The zero-order valence-electron chi connectivity index (χ0n) is 9.47. The van der Waals surface area contributed by atoms with E-state index in [-0.39, 0.29) is 6.04 Å². The van der Waals surface area contributed by atoms with Crippen molar-refractivity contribution in [2.24, 2.45) is 5.84 Å². The number of nitrogens with one attached hydrogen (secondary N) is 1. The highest BCUT2D eigenvalue weighted by molar-refractivity contribution is 9.10. The zero-order valence-corrected chi connectivity index (χ0v) is 11.1. The fraction of sp³-hybridized carbons (Fsp3) is 0.273. The van der Waals surface area contributed by atoms with Crippen molar-refractivity contribution in [2.75, 3.05) is 0 Å². The van der Waals surface area contributed by atoms with Gasteiger partial charge in [-0.15, -0.1) is 0 Å². The lowest BCUT2D eigenvalue weighted by atomic mass is 10.0. The lowest BCUT2D eigenvalue weighted by Crippen LogP contribution is -2.28. The summed E-state index contributed by atoms with van der Waals surface area (Å²) in [6.07, 6.45) is 7.32. The van der Waals surface area contributed by atoms with Gasteiger partial charge in [0.1, 0.15) is 0 Å². The Balaban J connectivity index is 2.33. The highest BCUT2D eigenvalue weighted by Gasteiger charge is 2.14. The molecule has 0 saturated carbocycles. The van der Waals surface area contributed by atoms with Crippen molar-refractivity contribution in [3.05, 3.63) is 46.5 Å². The number of nitrogens with two attached hydrogens (primary N) is 1. The minimum absolute atomic E-state index is 0.0969. The number of rotatable bonds is 4. The fourth-order valence-electron chi connectivity index (χ4n) is 1.67. The monoisotopic (exact) mass is 295 g/mol. The second-order valence-corrected chi connectivity index (χ2v) is 4.58. The Morgan fingerprint density at radius 1 is 1.41 bits per heavy atom. The molecule has 0 amide bonds. The summed E-state index contributed by atoms with van der Waals surface area (Å²) in [5.74, 6) is 5.61. The van der Waals surface area contributed by atoms with Crippen LogP contribution < -0.4 is 11.3 Å². The Bertz CT molecular complexity index is 496. The van der Waals surface area contributed by atoms with Gasteiger partial charge in [-0.2, -0.15) is 5.10 Å². The Labute approximate surface area is 108 Å². The van der Waals surface area contributed by atoms with E-state index >= 15 is 0 Å². The average Bonchev–Trinajstić information content (AvgIpc) is 2.79. The van der Waals surface area contributed by atoms with Gasteiger partial charge in [-0.05, 0) is 34.5 Å². The minimum Gasteiger partial charge on any atom is -0.273 e. The Hall–Kier alpha value is -1.24. The number of hydrogen-bond acceptors (Lipinski definition) is 4. The van der Waals surface area contributed by atoms with Gasteiger partial charge in [-0.1, -0.05) is 0 Å². The van der Waals surface area contributed by atoms with E-state index in [0.29, 0.717) is 0 Å². The van der Waals surface area contributed by atoms with Crippen molar-refractivity contribution in [1.29, 1.82) is 0 Å². The molecule has 2 aromatic heterocycles.